The fourth-order valence-corrected chi connectivity index (χ4v) is 1.46. The smallest absolute Gasteiger partial charge is 0.0906 e. The lowest BCUT2D eigenvalue weighted by Gasteiger charge is -2.01. The normalized spacial score (nSPS) is 10.6. The number of nitrogens with two attached hydrogens (primary N) is 1. The summed E-state index contributed by atoms with van der Waals surface area (Å²) in [6, 6.07) is 15.2. The van der Waals surface area contributed by atoms with Crippen molar-refractivity contribution in [3.05, 3.63) is 54.1 Å². The van der Waals surface area contributed by atoms with Crippen LogP contribution >= 0.6 is 0 Å². The minimum absolute atomic E-state index is 0.664. The number of hydrogen-bond acceptors (Lipinski definition) is 3. The number of aliphatic imine (C=N–C) groups is 2. The van der Waals surface area contributed by atoms with Crippen molar-refractivity contribution in [2.24, 2.45) is 9.98 Å². The van der Waals surface area contributed by atoms with E-state index >= 15 is 0 Å². The highest BCUT2D eigenvalue weighted by Crippen LogP contribution is 2.29. The second-order valence-electron chi connectivity index (χ2n) is 3.58. The van der Waals surface area contributed by atoms with E-state index in [1.54, 1.807) is 24.4 Å². The number of nitrogens with zero attached hydrogens (tertiary/aromatic N) is 2. The van der Waals surface area contributed by atoms with Gasteiger partial charge in [0.1, 0.15) is 0 Å². The maximum atomic E-state index is 5.72. The van der Waals surface area contributed by atoms with Crippen LogP contribution in [0, 0.1) is 0 Å². The molecule has 0 unspecified atom stereocenters. The third-order valence-electron chi connectivity index (χ3n) is 2.32. The van der Waals surface area contributed by atoms with Crippen LogP contribution in [0.4, 0.5) is 17.1 Å². The topological polar surface area (TPSA) is 50.7 Å². The molecule has 2 aromatic carbocycles. The molecule has 2 aromatic rings. The van der Waals surface area contributed by atoms with E-state index in [2.05, 4.69) is 16.7 Å². The van der Waals surface area contributed by atoms with Crippen molar-refractivity contribution in [2.75, 3.05) is 5.73 Å². The Kier molecular flexibility index (Phi) is 3.31. The first-order chi connectivity index (χ1) is 8.29. The highest BCUT2D eigenvalue weighted by molar-refractivity contribution is 5.84. The van der Waals surface area contributed by atoms with Crippen molar-refractivity contribution in [3.63, 3.8) is 0 Å². The third kappa shape index (κ3) is 2.78. The maximum Gasteiger partial charge on any atom is 0.0906 e. The highest BCUT2D eigenvalue weighted by atomic mass is 14.8. The van der Waals surface area contributed by atoms with Gasteiger partial charge in [0, 0.05) is 11.9 Å². The molecular formula is C14H13N3. The van der Waals surface area contributed by atoms with Gasteiger partial charge in [-0.25, -0.2) is 0 Å². The van der Waals surface area contributed by atoms with E-state index in [1.165, 1.54) is 0 Å². The van der Waals surface area contributed by atoms with Gasteiger partial charge < -0.3 is 5.73 Å². The van der Waals surface area contributed by atoms with Gasteiger partial charge >= 0.3 is 0 Å². The summed E-state index contributed by atoms with van der Waals surface area (Å²) < 4.78 is 0. The minimum Gasteiger partial charge on any atom is -0.399 e. The number of rotatable bonds is 3. The zero-order valence-electron chi connectivity index (χ0n) is 9.38. The highest BCUT2D eigenvalue weighted by Gasteiger charge is 1.98. The predicted octanol–water partition coefficient (Wildman–Crippen LogP) is 3.35. The predicted molar refractivity (Wildman–Crippen MR) is 73.8 cm³/mol. The Hall–Kier alpha value is -2.42. The molecular weight excluding hydrogens is 210 g/mol. The minimum atomic E-state index is 0.664. The standard InChI is InChI=1S/C14H13N3/c1-16-13-8-7-12(15)9-14(13)17-10-11-5-3-2-4-6-11/h2-10H,1,15H2. The van der Waals surface area contributed by atoms with Crippen LogP contribution in [0.3, 0.4) is 0 Å². The summed E-state index contributed by atoms with van der Waals surface area (Å²) >= 11 is 0. The Balaban J connectivity index is 2.32. The lowest BCUT2D eigenvalue weighted by Crippen LogP contribution is -1.83. The molecule has 0 spiro atoms. The van der Waals surface area contributed by atoms with E-state index in [0.717, 1.165) is 16.9 Å². The molecule has 0 bridgehead atoms. The van der Waals surface area contributed by atoms with Crippen LogP contribution in [0.25, 0.3) is 0 Å². The molecule has 2 N–H and O–H groups in total. The van der Waals surface area contributed by atoms with Gasteiger partial charge in [-0.15, -0.1) is 0 Å². The molecule has 17 heavy (non-hydrogen) atoms. The number of benzene rings is 2. The summed E-state index contributed by atoms with van der Waals surface area (Å²) in [5.41, 5.74) is 8.87. The number of nitrogen functional groups attached to an aromatic ring is 1. The molecule has 0 fully saturated rings. The molecule has 0 atom stereocenters. The van der Waals surface area contributed by atoms with Gasteiger partial charge in [-0.1, -0.05) is 30.3 Å². The van der Waals surface area contributed by atoms with Gasteiger partial charge in [0.25, 0.3) is 0 Å². The first-order valence-electron chi connectivity index (χ1n) is 5.25. The Morgan fingerprint density at radius 3 is 2.47 bits per heavy atom. The maximum absolute atomic E-state index is 5.72. The van der Waals surface area contributed by atoms with E-state index in [1.807, 2.05) is 30.3 Å². The van der Waals surface area contributed by atoms with Crippen molar-refractivity contribution in [1.82, 2.24) is 0 Å². The monoisotopic (exact) mass is 223 g/mol. The van der Waals surface area contributed by atoms with Crippen LogP contribution < -0.4 is 5.73 Å². The van der Waals surface area contributed by atoms with E-state index in [-0.39, 0.29) is 0 Å². The second kappa shape index (κ2) is 5.07. The van der Waals surface area contributed by atoms with Gasteiger partial charge in [-0.05, 0) is 30.5 Å². The van der Waals surface area contributed by atoms with E-state index in [4.69, 9.17) is 5.73 Å². The van der Waals surface area contributed by atoms with Crippen LogP contribution in [0.5, 0.6) is 0 Å². The van der Waals surface area contributed by atoms with Gasteiger partial charge in [-0.2, -0.15) is 0 Å². The zero-order chi connectivity index (χ0) is 12.1. The van der Waals surface area contributed by atoms with Crippen molar-refractivity contribution >= 4 is 30.0 Å². The largest absolute Gasteiger partial charge is 0.399 e. The molecule has 0 aliphatic heterocycles. The molecule has 0 aliphatic rings. The summed E-state index contributed by atoms with van der Waals surface area (Å²) in [6.07, 6.45) is 1.78. The number of anilines is 1. The fourth-order valence-electron chi connectivity index (χ4n) is 1.46. The van der Waals surface area contributed by atoms with Crippen LogP contribution in [0.1, 0.15) is 5.56 Å². The van der Waals surface area contributed by atoms with Crippen LogP contribution in [-0.4, -0.2) is 12.9 Å². The SMILES string of the molecule is C=Nc1ccc(N)cc1N=Cc1ccccc1. The molecule has 0 saturated carbocycles. The lowest BCUT2D eigenvalue weighted by atomic mass is 10.2. The van der Waals surface area contributed by atoms with Crippen LogP contribution in [-0.2, 0) is 0 Å². The summed E-state index contributed by atoms with van der Waals surface area (Å²) in [5, 5.41) is 0. The van der Waals surface area contributed by atoms with Crippen molar-refractivity contribution < 1.29 is 0 Å². The quantitative estimate of drug-likeness (QED) is 0.629. The Bertz CT molecular complexity index is 545. The molecule has 0 heterocycles. The molecule has 0 saturated heterocycles. The molecule has 84 valence electrons. The van der Waals surface area contributed by atoms with Gasteiger partial charge in [0.05, 0.1) is 11.4 Å². The van der Waals surface area contributed by atoms with Gasteiger partial charge in [0.2, 0.25) is 0 Å². The zero-order valence-corrected chi connectivity index (χ0v) is 9.38. The Morgan fingerprint density at radius 2 is 1.76 bits per heavy atom. The first-order valence-corrected chi connectivity index (χ1v) is 5.25. The molecule has 0 aliphatic carbocycles. The van der Waals surface area contributed by atoms with Crippen molar-refractivity contribution in [2.45, 2.75) is 0 Å². The summed E-state index contributed by atoms with van der Waals surface area (Å²) in [7, 11) is 0. The van der Waals surface area contributed by atoms with Crippen LogP contribution in [0.15, 0.2) is 58.5 Å². The summed E-state index contributed by atoms with van der Waals surface area (Å²) in [4.78, 5) is 8.27. The van der Waals surface area contributed by atoms with Crippen molar-refractivity contribution in [3.8, 4) is 0 Å². The Labute approximate surface area is 100 Å². The second-order valence-corrected chi connectivity index (χ2v) is 3.58. The average Bonchev–Trinajstić information content (AvgIpc) is 2.38. The van der Waals surface area contributed by atoms with Crippen molar-refractivity contribution in [1.29, 1.82) is 0 Å². The molecule has 3 nitrogen and oxygen atoms in total. The van der Waals surface area contributed by atoms with E-state index < -0.39 is 0 Å². The summed E-state index contributed by atoms with van der Waals surface area (Å²) in [6.45, 7) is 3.51. The molecule has 0 aromatic heterocycles. The lowest BCUT2D eigenvalue weighted by molar-refractivity contribution is 1.46. The molecule has 3 heteroatoms. The molecule has 2 rings (SSSR count). The first kappa shape index (κ1) is 11.1. The molecule has 0 amide bonds. The third-order valence-corrected chi connectivity index (χ3v) is 2.32. The van der Waals surface area contributed by atoms with Gasteiger partial charge in [0.15, 0.2) is 0 Å². The van der Waals surface area contributed by atoms with Crippen LogP contribution in [0.2, 0.25) is 0 Å². The van der Waals surface area contributed by atoms with Gasteiger partial charge in [-0.3, -0.25) is 9.98 Å². The average molecular weight is 223 g/mol. The summed E-state index contributed by atoms with van der Waals surface area (Å²) in [5.74, 6) is 0. The fraction of sp³-hybridized carbons (Fsp3) is 0. The van der Waals surface area contributed by atoms with E-state index in [9.17, 15) is 0 Å². The van der Waals surface area contributed by atoms with E-state index in [0.29, 0.717) is 5.69 Å². The Morgan fingerprint density at radius 1 is 1.00 bits per heavy atom. The molecule has 0 radical (unpaired) electrons. The number of hydrogen-bond donors (Lipinski definition) is 1.